The molecule has 0 fully saturated rings. The van der Waals surface area contributed by atoms with E-state index in [-0.39, 0.29) is 17.0 Å². The van der Waals surface area contributed by atoms with Crippen molar-refractivity contribution in [3.8, 4) is 0 Å². The maximum Gasteiger partial charge on any atom is 0.253 e. The van der Waals surface area contributed by atoms with Gasteiger partial charge in [0.25, 0.3) is 5.91 Å². The van der Waals surface area contributed by atoms with E-state index < -0.39 is 10.0 Å². The second-order valence-electron chi connectivity index (χ2n) is 6.06. The zero-order chi connectivity index (χ0) is 17.1. The molecule has 0 saturated heterocycles. The fourth-order valence-corrected chi connectivity index (χ4v) is 3.13. The summed E-state index contributed by atoms with van der Waals surface area (Å²) in [7, 11) is -3.38. The first-order valence-corrected chi connectivity index (χ1v) is 9.36. The Bertz CT molecular complexity index is 634. The normalized spacial score (nSPS) is 12.0. The zero-order valence-electron chi connectivity index (χ0n) is 13.5. The fraction of sp³-hybridized carbons (Fsp3) is 0.533. The van der Waals surface area contributed by atoms with Gasteiger partial charge in [-0.15, -0.1) is 0 Å². The molecule has 0 unspecified atom stereocenters. The first-order chi connectivity index (χ1) is 10.0. The number of anilines is 1. The summed E-state index contributed by atoms with van der Waals surface area (Å²) in [4.78, 5) is 12.3. The van der Waals surface area contributed by atoms with Crippen molar-refractivity contribution in [1.82, 2.24) is 5.32 Å². The molecule has 0 atom stereocenters. The second-order valence-corrected chi connectivity index (χ2v) is 8.21. The number of hydrogen-bond donors (Lipinski definition) is 2. The topological polar surface area (TPSA) is 75.3 Å². The molecule has 0 saturated carbocycles. The van der Waals surface area contributed by atoms with E-state index in [9.17, 15) is 13.2 Å². The number of sulfonamides is 1. The third kappa shape index (κ3) is 5.50. The molecule has 1 rings (SSSR count). The van der Waals surface area contributed by atoms with Gasteiger partial charge in [-0.25, -0.2) is 8.42 Å². The molecule has 1 aromatic rings. The van der Waals surface area contributed by atoms with Crippen LogP contribution in [-0.4, -0.2) is 26.6 Å². The number of rotatable bonds is 6. The molecule has 22 heavy (non-hydrogen) atoms. The molecule has 0 aliphatic carbocycles. The van der Waals surface area contributed by atoms with Gasteiger partial charge in [0.1, 0.15) is 0 Å². The third-order valence-corrected chi connectivity index (χ3v) is 4.17. The molecule has 0 aliphatic heterocycles. The summed E-state index contributed by atoms with van der Waals surface area (Å²) in [5, 5.41) is 3.18. The van der Waals surface area contributed by atoms with Crippen molar-refractivity contribution in [3.63, 3.8) is 0 Å². The Morgan fingerprint density at radius 3 is 2.09 bits per heavy atom. The van der Waals surface area contributed by atoms with Crippen molar-refractivity contribution in [2.24, 2.45) is 11.8 Å². The predicted octanol–water partition coefficient (Wildman–Crippen LogP) is 3.12. The Morgan fingerprint density at radius 1 is 1.14 bits per heavy atom. The van der Waals surface area contributed by atoms with Gasteiger partial charge in [0, 0.05) is 11.7 Å². The van der Waals surface area contributed by atoms with Gasteiger partial charge in [-0.3, -0.25) is 9.52 Å². The van der Waals surface area contributed by atoms with Crippen LogP contribution in [0, 0.1) is 11.8 Å². The van der Waals surface area contributed by atoms with Gasteiger partial charge in [-0.05, 0) is 30.0 Å². The molecule has 0 bridgehead atoms. The SMILES string of the molecule is CC(C)C(NC(=O)c1ccc(NS(C)(=O)=O)cc1Cl)C(C)C. The quantitative estimate of drug-likeness (QED) is 0.831. The van der Waals surface area contributed by atoms with Crippen LogP contribution in [0.25, 0.3) is 0 Å². The first-order valence-electron chi connectivity index (χ1n) is 7.09. The molecule has 1 aromatic carbocycles. The van der Waals surface area contributed by atoms with Crippen molar-refractivity contribution >= 4 is 33.2 Å². The Kier molecular flexibility index (Phi) is 6.26. The second kappa shape index (κ2) is 7.33. The fourth-order valence-electron chi connectivity index (χ4n) is 2.31. The molecule has 0 heterocycles. The standard InChI is InChI=1S/C15H23ClN2O3S/c1-9(2)14(10(3)4)17-15(19)12-7-6-11(8-13(12)16)18-22(5,20)21/h6-10,14,18H,1-5H3,(H,17,19). The van der Waals surface area contributed by atoms with Gasteiger partial charge in [0.15, 0.2) is 0 Å². The largest absolute Gasteiger partial charge is 0.349 e. The molecule has 0 spiro atoms. The third-order valence-electron chi connectivity index (χ3n) is 3.25. The van der Waals surface area contributed by atoms with E-state index in [2.05, 4.69) is 10.0 Å². The van der Waals surface area contributed by atoms with Crippen LogP contribution in [0.3, 0.4) is 0 Å². The highest BCUT2D eigenvalue weighted by atomic mass is 35.5. The van der Waals surface area contributed by atoms with Gasteiger partial charge in [0.2, 0.25) is 10.0 Å². The number of benzene rings is 1. The number of carbonyl (C=O) groups is 1. The average molecular weight is 347 g/mol. The highest BCUT2D eigenvalue weighted by molar-refractivity contribution is 7.92. The summed E-state index contributed by atoms with van der Waals surface area (Å²) >= 11 is 6.10. The van der Waals surface area contributed by atoms with Crippen LogP contribution in [0.2, 0.25) is 5.02 Å². The van der Waals surface area contributed by atoms with Crippen LogP contribution in [-0.2, 0) is 10.0 Å². The van der Waals surface area contributed by atoms with E-state index in [0.29, 0.717) is 23.1 Å². The predicted molar refractivity (Wildman–Crippen MR) is 90.8 cm³/mol. The maximum absolute atomic E-state index is 12.3. The molecular weight excluding hydrogens is 324 g/mol. The monoisotopic (exact) mass is 346 g/mol. The lowest BCUT2D eigenvalue weighted by molar-refractivity contribution is 0.0910. The number of amides is 1. The minimum Gasteiger partial charge on any atom is -0.349 e. The minimum atomic E-state index is -3.38. The lowest BCUT2D eigenvalue weighted by atomic mass is 9.93. The van der Waals surface area contributed by atoms with Crippen molar-refractivity contribution in [1.29, 1.82) is 0 Å². The number of hydrogen-bond acceptors (Lipinski definition) is 3. The van der Waals surface area contributed by atoms with E-state index in [1.807, 2.05) is 27.7 Å². The summed E-state index contributed by atoms with van der Waals surface area (Å²) in [6.07, 6.45) is 1.05. The molecule has 5 nitrogen and oxygen atoms in total. The highest BCUT2D eigenvalue weighted by Gasteiger charge is 2.21. The van der Waals surface area contributed by atoms with E-state index in [1.165, 1.54) is 18.2 Å². The Balaban J connectivity index is 2.95. The van der Waals surface area contributed by atoms with Crippen LogP contribution < -0.4 is 10.0 Å². The summed E-state index contributed by atoms with van der Waals surface area (Å²) in [6.45, 7) is 8.19. The van der Waals surface area contributed by atoms with Crippen LogP contribution in [0.1, 0.15) is 38.1 Å². The molecule has 0 aliphatic rings. The van der Waals surface area contributed by atoms with E-state index in [4.69, 9.17) is 11.6 Å². The van der Waals surface area contributed by atoms with Crippen molar-refractivity contribution in [2.75, 3.05) is 11.0 Å². The first kappa shape index (κ1) is 18.8. The van der Waals surface area contributed by atoms with E-state index in [1.54, 1.807) is 0 Å². The van der Waals surface area contributed by atoms with Crippen molar-refractivity contribution < 1.29 is 13.2 Å². The summed E-state index contributed by atoms with van der Waals surface area (Å²) in [6, 6.07) is 4.50. The Labute approximate surface area is 137 Å². The lowest BCUT2D eigenvalue weighted by Crippen LogP contribution is -2.42. The molecule has 1 amide bonds. The molecular formula is C15H23ClN2O3S. The van der Waals surface area contributed by atoms with Crippen LogP contribution in [0.4, 0.5) is 5.69 Å². The van der Waals surface area contributed by atoms with Gasteiger partial charge in [0.05, 0.1) is 16.8 Å². The van der Waals surface area contributed by atoms with Gasteiger partial charge < -0.3 is 5.32 Å². The molecule has 124 valence electrons. The highest BCUT2D eigenvalue weighted by Crippen LogP contribution is 2.22. The Hall–Kier alpha value is -1.27. The summed E-state index contributed by atoms with van der Waals surface area (Å²) in [5.74, 6) is 0.339. The molecule has 7 heteroatoms. The molecule has 2 N–H and O–H groups in total. The zero-order valence-corrected chi connectivity index (χ0v) is 15.0. The lowest BCUT2D eigenvalue weighted by Gasteiger charge is -2.26. The molecule has 0 aromatic heterocycles. The van der Waals surface area contributed by atoms with Crippen molar-refractivity contribution in [2.45, 2.75) is 33.7 Å². The number of halogens is 1. The smallest absolute Gasteiger partial charge is 0.253 e. The average Bonchev–Trinajstić information content (AvgIpc) is 2.32. The summed E-state index contributed by atoms with van der Waals surface area (Å²) < 4.78 is 24.7. The van der Waals surface area contributed by atoms with E-state index in [0.717, 1.165) is 6.26 Å². The van der Waals surface area contributed by atoms with Crippen LogP contribution in [0.15, 0.2) is 18.2 Å². The van der Waals surface area contributed by atoms with Gasteiger partial charge in [-0.1, -0.05) is 39.3 Å². The maximum atomic E-state index is 12.3. The Morgan fingerprint density at radius 2 is 1.68 bits per heavy atom. The summed E-state index contributed by atoms with van der Waals surface area (Å²) in [5.41, 5.74) is 0.653. The number of carbonyl (C=O) groups excluding carboxylic acids is 1. The van der Waals surface area contributed by atoms with Crippen molar-refractivity contribution in [3.05, 3.63) is 28.8 Å². The molecule has 0 radical (unpaired) electrons. The van der Waals surface area contributed by atoms with Crippen LogP contribution in [0.5, 0.6) is 0 Å². The van der Waals surface area contributed by atoms with Gasteiger partial charge in [-0.2, -0.15) is 0 Å². The van der Waals surface area contributed by atoms with Gasteiger partial charge >= 0.3 is 0 Å². The minimum absolute atomic E-state index is 0.0392. The van der Waals surface area contributed by atoms with E-state index >= 15 is 0 Å². The number of nitrogens with one attached hydrogen (secondary N) is 2. The van der Waals surface area contributed by atoms with Crippen LogP contribution >= 0.6 is 11.6 Å².